The molecule has 22 heavy (non-hydrogen) atoms. The van der Waals surface area contributed by atoms with Crippen LogP contribution in [0.4, 0.5) is 5.95 Å². The van der Waals surface area contributed by atoms with Gasteiger partial charge in [0.15, 0.2) is 0 Å². The molecule has 1 aromatic carbocycles. The summed E-state index contributed by atoms with van der Waals surface area (Å²) >= 11 is 0. The van der Waals surface area contributed by atoms with Crippen molar-refractivity contribution in [3.8, 4) is 0 Å². The maximum atomic E-state index is 5.50. The number of hydrogen-bond acceptors (Lipinski definition) is 4. The minimum atomic E-state index is 0.710. The summed E-state index contributed by atoms with van der Waals surface area (Å²) in [5.74, 6) is 0.936. The Morgan fingerprint density at radius 1 is 1.23 bits per heavy atom. The summed E-state index contributed by atoms with van der Waals surface area (Å²) in [6, 6.07) is 8.25. The highest BCUT2D eigenvalue weighted by molar-refractivity contribution is 5.78. The van der Waals surface area contributed by atoms with Gasteiger partial charge in [0.2, 0.25) is 5.95 Å². The van der Waals surface area contributed by atoms with Crippen molar-refractivity contribution in [3.05, 3.63) is 24.3 Å². The van der Waals surface area contributed by atoms with Crippen LogP contribution in [0.15, 0.2) is 24.3 Å². The lowest BCUT2D eigenvalue weighted by atomic mass is 10.3. The number of hydrogen-bond donors (Lipinski definition) is 1. The van der Waals surface area contributed by atoms with Crippen molar-refractivity contribution in [1.29, 1.82) is 0 Å². The molecule has 2 aromatic rings. The van der Waals surface area contributed by atoms with Gasteiger partial charge in [-0.05, 0) is 39.1 Å². The van der Waals surface area contributed by atoms with Gasteiger partial charge in [-0.1, -0.05) is 19.1 Å². The van der Waals surface area contributed by atoms with E-state index in [0.29, 0.717) is 6.61 Å². The van der Waals surface area contributed by atoms with Crippen LogP contribution in [0.25, 0.3) is 11.0 Å². The van der Waals surface area contributed by atoms with Gasteiger partial charge in [-0.15, -0.1) is 0 Å². The second-order valence-electron chi connectivity index (χ2n) is 5.50. The van der Waals surface area contributed by atoms with Crippen molar-refractivity contribution in [2.45, 2.75) is 26.8 Å². The van der Waals surface area contributed by atoms with Gasteiger partial charge in [-0.25, -0.2) is 4.98 Å². The Kier molecular flexibility index (Phi) is 6.68. The number of aromatic nitrogens is 2. The minimum absolute atomic E-state index is 0.710. The fraction of sp³-hybridized carbons (Fsp3) is 0.588. The van der Waals surface area contributed by atoms with Gasteiger partial charge in [0.1, 0.15) is 0 Å². The molecule has 0 fully saturated rings. The van der Waals surface area contributed by atoms with E-state index >= 15 is 0 Å². The Morgan fingerprint density at radius 2 is 2.05 bits per heavy atom. The van der Waals surface area contributed by atoms with Gasteiger partial charge in [0.25, 0.3) is 0 Å². The third-order valence-electron chi connectivity index (χ3n) is 3.70. The summed E-state index contributed by atoms with van der Waals surface area (Å²) < 4.78 is 7.71. The van der Waals surface area contributed by atoms with Crippen LogP contribution in [0.1, 0.15) is 20.3 Å². The van der Waals surface area contributed by atoms with E-state index in [0.717, 1.165) is 49.8 Å². The van der Waals surface area contributed by atoms with Crippen molar-refractivity contribution in [2.24, 2.45) is 0 Å². The molecular formula is C17H28N4O. The molecule has 1 aromatic heterocycles. The zero-order chi connectivity index (χ0) is 15.8. The predicted octanol–water partition coefficient (Wildman–Crippen LogP) is 2.83. The van der Waals surface area contributed by atoms with Crippen LogP contribution >= 0.6 is 0 Å². The maximum Gasteiger partial charge on any atom is 0.204 e. The van der Waals surface area contributed by atoms with Crippen LogP contribution in [0.3, 0.4) is 0 Å². The molecule has 0 saturated heterocycles. The number of nitrogens with zero attached hydrogens (tertiary/aromatic N) is 3. The topological polar surface area (TPSA) is 42.3 Å². The minimum Gasteiger partial charge on any atom is -0.380 e. The SMILES string of the molecule is CCCN(C)CCNc1nc2ccccc2n1CCOCC. The quantitative estimate of drug-likeness (QED) is 0.685. The van der Waals surface area contributed by atoms with Crippen LogP contribution in [0.2, 0.25) is 0 Å². The number of likely N-dealkylation sites (N-methyl/N-ethyl adjacent to an activating group) is 1. The van der Waals surface area contributed by atoms with Crippen molar-refractivity contribution in [3.63, 3.8) is 0 Å². The third kappa shape index (κ3) is 4.45. The molecule has 0 saturated carbocycles. The molecule has 0 aliphatic carbocycles. The van der Waals surface area contributed by atoms with Crippen LogP contribution in [0, 0.1) is 0 Å². The second kappa shape index (κ2) is 8.76. The Balaban J connectivity index is 2.05. The lowest BCUT2D eigenvalue weighted by molar-refractivity contribution is 0.140. The van der Waals surface area contributed by atoms with E-state index < -0.39 is 0 Å². The van der Waals surface area contributed by atoms with Crippen molar-refractivity contribution in [2.75, 3.05) is 45.2 Å². The Bertz CT molecular complexity index is 567. The number of ether oxygens (including phenoxy) is 1. The monoisotopic (exact) mass is 304 g/mol. The first-order valence-electron chi connectivity index (χ1n) is 8.21. The van der Waals surface area contributed by atoms with Gasteiger partial charge >= 0.3 is 0 Å². The van der Waals surface area contributed by atoms with E-state index in [9.17, 15) is 0 Å². The molecular weight excluding hydrogens is 276 g/mol. The molecule has 0 radical (unpaired) electrons. The fourth-order valence-corrected chi connectivity index (χ4v) is 2.59. The van der Waals surface area contributed by atoms with Gasteiger partial charge in [-0.3, -0.25) is 0 Å². The Hall–Kier alpha value is -1.59. The number of anilines is 1. The van der Waals surface area contributed by atoms with E-state index in [1.165, 1.54) is 6.42 Å². The summed E-state index contributed by atoms with van der Waals surface area (Å²) in [5.41, 5.74) is 2.19. The van der Waals surface area contributed by atoms with E-state index in [-0.39, 0.29) is 0 Å². The summed E-state index contributed by atoms with van der Waals surface area (Å²) in [7, 11) is 2.16. The molecule has 0 amide bonds. The Morgan fingerprint density at radius 3 is 2.82 bits per heavy atom. The summed E-state index contributed by atoms with van der Waals surface area (Å²) in [5, 5.41) is 3.47. The standard InChI is InChI=1S/C17H28N4O/c1-4-11-20(3)12-10-18-17-19-15-8-6-7-9-16(15)21(17)13-14-22-5-2/h6-9H,4-5,10-14H2,1-3H3,(H,18,19). The van der Waals surface area contributed by atoms with E-state index in [1.807, 2.05) is 13.0 Å². The van der Waals surface area contributed by atoms with Gasteiger partial charge < -0.3 is 19.5 Å². The zero-order valence-corrected chi connectivity index (χ0v) is 14.0. The molecule has 2 rings (SSSR count). The van der Waals surface area contributed by atoms with Crippen molar-refractivity contribution in [1.82, 2.24) is 14.5 Å². The first-order chi connectivity index (χ1) is 10.8. The summed E-state index contributed by atoms with van der Waals surface area (Å²) in [6.07, 6.45) is 1.18. The molecule has 0 spiro atoms. The van der Waals surface area contributed by atoms with Gasteiger partial charge in [-0.2, -0.15) is 0 Å². The molecule has 1 heterocycles. The van der Waals surface area contributed by atoms with E-state index in [1.54, 1.807) is 0 Å². The Labute approximate surface area is 133 Å². The largest absolute Gasteiger partial charge is 0.380 e. The zero-order valence-electron chi connectivity index (χ0n) is 14.0. The normalized spacial score (nSPS) is 11.5. The highest BCUT2D eigenvalue weighted by Crippen LogP contribution is 2.19. The number of nitrogens with one attached hydrogen (secondary N) is 1. The number of fused-ring (bicyclic) bond motifs is 1. The highest BCUT2D eigenvalue weighted by Gasteiger charge is 2.09. The van der Waals surface area contributed by atoms with Crippen molar-refractivity contribution >= 4 is 17.0 Å². The molecule has 5 nitrogen and oxygen atoms in total. The number of para-hydroxylation sites is 2. The smallest absolute Gasteiger partial charge is 0.204 e. The van der Waals surface area contributed by atoms with Crippen LogP contribution in [-0.4, -0.2) is 54.3 Å². The van der Waals surface area contributed by atoms with Crippen LogP contribution in [0.5, 0.6) is 0 Å². The lowest BCUT2D eigenvalue weighted by Gasteiger charge is -2.16. The fourth-order valence-electron chi connectivity index (χ4n) is 2.59. The maximum absolute atomic E-state index is 5.50. The summed E-state index contributed by atoms with van der Waals surface area (Å²) in [6.45, 7) is 9.55. The molecule has 122 valence electrons. The highest BCUT2D eigenvalue weighted by atomic mass is 16.5. The molecule has 1 N–H and O–H groups in total. The molecule has 0 bridgehead atoms. The average Bonchev–Trinajstić information content (AvgIpc) is 2.86. The first kappa shape index (κ1) is 16.8. The lowest BCUT2D eigenvalue weighted by Crippen LogP contribution is -2.26. The number of imidazole rings is 1. The van der Waals surface area contributed by atoms with Crippen LogP contribution < -0.4 is 5.32 Å². The third-order valence-corrected chi connectivity index (χ3v) is 3.70. The molecule has 0 aliphatic rings. The summed E-state index contributed by atoms with van der Waals surface area (Å²) in [4.78, 5) is 7.05. The van der Waals surface area contributed by atoms with Crippen molar-refractivity contribution < 1.29 is 4.74 Å². The molecule has 0 unspecified atom stereocenters. The average molecular weight is 304 g/mol. The van der Waals surface area contributed by atoms with E-state index in [4.69, 9.17) is 9.72 Å². The number of rotatable bonds is 10. The second-order valence-corrected chi connectivity index (χ2v) is 5.50. The van der Waals surface area contributed by atoms with E-state index in [2.05, 4.69) is 47.0 Å². The molecule has 5 heteroatoms. The molecule has 0 atom stereocenters. The van der Waals surface area contributed by atoms with Gasteiger partial charge in [0, 0.05) is 26.2 Å². The van der Waals surface area contributed by atoms with Gasteiger partial charge in [0.05, 0.1) is 17.6 Å². The predicted molar refractivity (Wildman–Crippen MR) is 92.5 cm³/mol. The van der Waals surface area contributed by atoms with Crippen LogP contribution in [-0.2, 0) is 11.3 Å². The number of benzene rings is 1. The first-order valence-corrected chi connectivity index (χ1v) is 8.21. The molecule has 0 aliphatic heterocycles.